The number of hydrogen-bond acceptors (Lipinski definition) is 1. The van der Waals surface area contributed by atoms with Crippen molar-refractivity contribution < 1.29 is 13.5 Å². The third-order valence-electron chi connectivity index (χ3n) is 3.86. The number of hydrogen-bond donors (Lipinski definition) is 0. The van der Waals surface area contributed by atoms with Gasteiger partial charge >= 0.3 is 6.11 Å². The first-order valence-electron chi connectivity index (χ1n) is 8.17. The Morgan fingerprint density at radius 3 is 1.83 bits per heavy atom. The van der Waals surface area contributed by atoms with Gasteiger partial charge in [0, 0.05) is 10.8 Å². The maximum atomic E-state index is 14.8. The molecule has 0 aromatic heterocycles. The van der Waals surface area contributed by atoms with Crippen LogP contribution in [0.5, 0.6) is 0 Å². The largest absolute Gasteiger partial charge is 0.429 e. The fourth-order valence-electron chi connectivity index (χ4n) is 3.10. The second-order valence-corrected chi connectivity index (χ2v) is 7.85. The zero-order valence-corrected chi connectivity index (χ0v) is 15.3. The number of ether oxygens (including phenoxy) is 1. The van der Waals surface area contributed by atoms with Crippen molar-refractivity contribution in [2.24, 2.45) is 10.8 Å². The van der Waals surface area contributed by atoms with E-state index in [2.05, 4.69) is 0 Å². The predicted octanol–water partition coefficient (Wildman–Crippen LogP) is 6.49. The Kier molecular flexibility index (Phi) is 4.76. The highest BCUT2D eigenvalue weighted by atomic mass is 19.3. The molecule has 0 unspecified atom stereocenters. The van der Waals surface area contributed by atoms with Gasteiger partial charge in [0.2, 0.25) is 0 Å². The third kappa shape index (κ3) is 4.80. The van der Waals surface area contributed by atoms with Crippen molar-refractivity contribution in [1.82, 2.24) is 0 Å². The average Bonchev–Trinajstić information content (AvgIpc) is 2.59. The molecule has 0 amide bonds. The zero-order chi connectivity index (χ0) is 18.2. The van der Waals surface area contributed by atoms with Crippen molar-refractivity contribution in [1.29, 1.82) is 0 Å². The summed E-state index contributed by atoms with van der Waals surface area (Å²) in [5, 5.41) is 0. The van der Waals surface area contributed by atoms with Crippen LogP contribution in [-0.2, 0) is 4.74 Å². The molecule has 1 nitrogen and oxygen atoms in total. The van der Waals surface area contributed by atoms with Gasteiger partial charge < -0.3 is 4.74 Å². The molecule has 0 spiro atoms. The molecule has 3 heteroatoms. The molecule has 0 heterocycles. The fourth-order valence-corrected chi connectivity index (χ4v) is 3.10. The van der Waals surface area contributed by atoms with E-state index in [4.69, 9.17) is 4.74 Å². The van der Waals surface area contributed by atoms with Gasteiger partial charge in [-0.15, -0.1) is 0 Å². The number of rotatable bonds is 3. The van der Waals surface area contributed by atoms with E-state index in [9.17, 15) is 8.78 Å². The van der Waals surface area contributed by atoms with Crippen molar-refractivity contribution in [2.45, 2.75) is 47.7 Å². The lowest BCUT2D eigenvalue weighted by molar-refractivity contribution is -0.177. The predicted molar refractivity (Wildman–Crippen MR) is 95.6 cm³/mol. The summed E-state index contributed by atoms with van der Waals surface area (Å²) in [6, 6.07) is 0. The molecule has 0 bridgehead atoms. The average molecular weight is 332 g/mol. The SMILES string of the molecule is CC1=CC(C)(C)C=C(OC(F)(F)C2=CC(C)(C)C=C(C)C=C2)C=C1. The molecule has 2 aliphatic rings. The lowest BCUT2D eigenvalue weighted by Gasteiger charge is -2.24. The topological polar surface area (TPSA) is 9.23 Å². The summed E-state index contributed by atoms with van der Waals surface area (Å²) in [5.74, 6) is 0.180. The third-order valence-corrected chi connectivity index (χ3v) is 3.86. The standard InChI is InChI=1S/C21H26F2O/c1-15-7-9-17(13-19(3,4)11-15)21(22,23)24-18-10-8-16(2)12-20(5,6)14-18/h7-14H,1-6H3. The quantitative estimate of drug-likeness (QED) is 0.574. The molecule has 0 aromatic carbocycles. The molecular formula is C21H26F2O. The molecular weight excluding hydrogens is 306 g/mol. The van der Waals surface area contributed by atoms with Crippen molar-refractivity contribution in [3.05, 3.63) is 71.1 Å². The molecule has 0 fully saturated rings. The highest BCUT2D eigenvalue weighted by Crippen LogP contribution is 2.37. The summed E-state index contributed by atoms with van der Waals surface area (Å²) < 4.78 is 34.7. The van der Waals surface area contributed by atoms with Gasteiger partial charge in [-0.1, -0.05) is 69.2 Å². The lowest BCUT2D eigenvalue weighted by Crippen LogP contribution is -2.24. The second-order valence-electron chi connectivity index (χ2n) is 7.85. The van der Waals surface area contributed by atoms with Crippen LogP contribution < -0.4 is 0 Å². The molecule has 24 heavy (non-hydrogen) atoms. The summed E-state index contributed by atoms with van der Waals surface area (Å²) in [7, 11) is 0. The van der Waals surface area contributed by atoms with E-state index in [1.165, 1.54) is 6.08 Å². The minimum absolute atomic E-state index is 0.123. The summed E-state index contributed by atoms with van der Waals surface area (Å²) in [6.45, 7) is 11.6. The van der Waals surface area contributed by atoms with Crippen molar-refractivity contribution in [3.8, 4) is 0 Å². The second kappa shape index (κ2) is 6.19. The van der Waals surface area contributed by atoms with Crippen LogP contribution in [0.15, 0.2) is 71.1 Å². The number of alkyl halides is 2. The van der Waals surface area contributed by atoms with Crippen LogP contribution in [0.4, 0.5) is 8.78 Å². The van der Waals surface area contributed by atoms with Gasteiger partial charge in [0.25, 0.3) is 0 Å². The van der Waals surface area contributed by atoms with Crippen molar-refractivity contribution in [3.63, 3.8) is 0 Å². The maximum Gasteiger partial charge on any atom is 0.426 e. The van der Waals surface area contributed by atoms with Gasteiger partial charge in [-0.05, 0) is 32.1 Å². The van der Waals surface area contributed by atoms with Crippen LogP contribution in [0, 0.1) is 10.8 Å². The van der Waals surface area contributed by atoms with Gasteiger partial charge in [-0.3, -0.25) is 0 Å². The Morgan fingerprint density at radius 2 is 1.25 bits per heavy atom. The minimum atomic E-state index is -3.39. The van der Waals surface area contributed by atoms with Crippen LogP contribution >= 0.6 is 0 Å². The number of allylic oxidation sites excluding steroid dienone is 9. The number of halogens is 2. The Bertz CT molecular complexity index is 695. The van der Waals surface area contributed by atoms with Gasteiger partial charge in [-0.25, -0.2) is 0 Å². The Morgan fingerprint density at radius 1 is 0.750 bits per heavy atom. The lowest BCUT2D eigenvalue weighted by atomic mass is 9.90. The first-order valence-corrected chi connectivity index (χ1v) is 8.17. The molecule has 2 rings (SSSR count). The Hall–Kier alpha value is -1.90. The zero-order valence-electron chi connectivity index (χ0n) is 15.3. The highest BCUT2D eigenvalue weighted by molar-refractivity contribution is 5.39. The molecule has 0 saturated heterocycles. The summed E-state index contributed by atoms with van der Waals surface area (Å²) in [6.07, 6.45) is 10.4. The summed E-state index contributed by atoms with van der Waals surface area (Å²) in [4.78, 5) is 0. The highest BCUT2D eigenvalue weighted by Gasteiger charge is 2.38. The van der Waals surface area contributed by atoms with E-state index in [1.54, 1.807) is 30.4 Å². The molecule has 0 saturated carbocycles. The summed E-state index contributed by atoms with van der Waals surface area (Å²) in [5.41, 5.74) is 1.05. The van der Waals surface area contributed by atoms with Gasteiger partial charge in [0.05, 0.1) is 5.57 Å². The normalized spacial score (nSPS) is 22.7. The van der Waals surface area contributed by atoms with E-state index in [0.717, 1.165) is 11.1 Å². The monoisotopic (exact) mass is 332 g/mol. The molecule has 0 aromatic rings. The van der Waals surface area contributed by atoms with Crippen LogP contribution in [0.1, 0.15) is 41.5 Å². The van der Waals surface area contributed by atoms with Crippen LogP contribution in [0.2, 0.25) is 0 Å². The molecule has 0 N–H and O–H groups in total. The van der Waals surface area contributed by atoms with E-state index < -0.39 is 11.5 Å². The fraction of sp³-hybridized carbons (Fsp3) is 0.429. The van der Waals surface area contributed by atoms with Gasteiger partial charge in [0.1, 0.15) is 5.76 Å². The molecule has 2 aliphatic carbocycles. The Balaban J connectivity index is 2.32. The van der Waals surface area contributed by atoms with Crippen molar-refractivity contribution >= 4 is 0 Å². The minimum Gasteiger partial charge on any atom is -0.429 e. The molecule has 130 valence electrons. The maximum absolute atomic E-state index is 14.8. The van der Waals surface area contributed by atoms with E-state index in [-0.39, 0.29) is 16.7 Å². The van der Waals surface area contributed by atoms with Crippen LogP contribution in [0.3, 0.4) is 0 Å². The van der Waals surface area contributed by atoms with Gasteiger partial charge in [-0.2, -0.15) is 8.78 Å². The smallest absolute Gasteiger partial charge is 0.426 e. The molecule has 0 aliphatic heterocycles. The van der Waals surface area contributed by atoms with E-state index >= 15 is 0 Å². The van der Waals surface area contributed by atoms with E-state index in [0.29, 0.717) is 0 Å². The Labute approximate surface area is 143 Å². The van der Waals surface area contributed by atoms with Crippen LogP contribution in [0.25, 0.3) is 0 Å². The summed E-state index contributed by atoms with van der Waals surface area (Å²) >= 11 is 0. The molecule has 0 atom stereocenters. The van der Waals surface area contributed by atoms with Gasteiger partial charge in [0.15, 0.2) is 0 Å². The van der Waals surface area contributed by atoms with E-state index in [1.807, 2.05) is 53.7 Å². The van der Waals surface area contributed by atoms with Crippen molar-refractivity contribution in [2.75, 3.05) is 0 Å². The molecule has 0 radical (unpaired) electrons. The first kappa shape index (κ1) is 18.4. The van der Waals surface area contributed by atoms with Crippen LogP contribution in [-0.4, -0.2) is 6.11 Å². The first-order chi connectivity index (χ1) is 10.9.